The molecule has 126 valence electrons. The van der Waals surface area contributed by atoms with Gasteiger partial charge in [-0.2, -0.15) is 5.10 Å². The van der Waals surface area contributed by atoms with Crippen molar-refractivity contribution in [2.75, 3.05) is 5.75 Å². The Balaban J connectivity index is 1.78. The lowest BCUT2D eigenvalue weighted by atomic mass is 9.99. The van der Waals surface area contributed by atoms with E-state index in [1.807, 2.05) is 6.07 Å². The van der Waals surface area contributed by atoms with Crippen molar-refractivity contribution in [3.05, 3.63) is 35.9 Å². The number of hydrogen-bond acceptors (Lipinski definition) is 5. The number of hydrogen-bond donors (Lipinski definition) is 0. The van der Waals surface area contributed by atoms with Gasteiger partial charge in [-0.15, -0.1) is 5.10 Å². The summed E-state index contributed by atoms with van der Waals surface area (Å²) in [5.41, 5.74) is 1.56. The molecule has 0 aromatic heterocycles. The van der Waals surface area contributed by atoms with Gasteiger partial charge in [0.1, 0.15) is 0 Å². The number of carbonyl (C=O) groups excluding carboxylic acids is 2. The van der Waals surface area contributed by atoms with E-state index in [9.17, 15) is 9.59 Å². The molecule has 1 aliphatic heterocycles. The fourth-order valence-electron chi connectivity index (χ4n) is 2.87. The number of thioether (sulfide) groups is 1. The van der Waals surface area contributed by atoms with Gasteiger partial charge in [0.2, 0.25) is 5.91 Å². The van der Waals surface area contributed by atoms with E-state index in [1.165, 1.54) is 31.0 Å². The van der Waals surface area contributed by atoms with Crippen LogP contribution >= 0.6 is 11.8 Å². The molecule has 1 saturated carbocycles. The summed E-state index contributed by atoms with van der Waals surface area (Å²) in [6, 6.07) is 8.82. The molecule has 0 bridgehead atoms. The van der Waals surface area contributed by atoms with Crippen molar-refractivity contribution in [1.82, 2.24) is 4.90 Å². The number of amidine groups is 1. The SMILES string of the molecule is O=C1CS/C(=N/N=C2CCCCCCC2)N1C(=O)c1ccccc1. The molecular weight excluding hydrogens is 322 g/mol. The van der Waals surface area contributed by atoms with Crippen LogP contribution in [0.25, 0.3) is 0 Å². The van der Waals surface area contributed by atoms with Crippen molar-refractivity contribution in [1.29, 1.82) is 0 Å². The van der Waals surface area contributed by atoms with Crippen molar-refractivity contribution >= 4 is 34.5 Å². The average Bonchev–Trinajstić information content (AvgIpc) is 2.95. The molecule has 0 radical (unpaired) electrons. The van der Waals surface area contributed by atoms with Crippen molar-refractivity contribution in [3.8, 4) is 0 Å². The molecule has 5 nitrogen and oxygen atoms in total. The van der Waals surface area contributed by atoms with Gasteiger partial charge in [0.25, 0.3) is 5.91 Å². The van der Waals surface area contributed by atoms with Crippen LogP contribution < -0.4 is 0 Å². The zero-order valence-corrected chi connectivity index (χ0v) is 14.4. The van der Waals surface area contributed by atoms with E-state index in [1.54, 1.807) is 24.3 Å². The van der Waals surface area contributed by atoms with E-state index >= 15 is 0 Å². The summed E-state index contributed by atoms with van der Waals surface area (Å²) >= 11 is 1.28. The van der Waals surface area contributed by atoms with Gasteiger partial charge < -0.3 is 0 Å². The van der Waals surface area contributed by atoms with E-state index in [0.29, 0.717) is 10.7 Å². The molecule has 0 atom stereocenters. The lowest BCUT2D eigenvalue weighted by Gasteiger charge is -2.13. The van der Waals surface area contributed by atoms with Gasteiger partial charge in [0.15, 0.2) is 5.17 Å². The molecule has 2 fully saturated rings. The number of rotatable bonds is 2. The minimum atomic E-state index is -0.331. The van der Waals surface area contributed by atoms with Crippen LogP contribution in [0.3, 0.4) is 0 Å². The molecule has 3 rings (SSSR count). The Morgan fingerprint density at radius 1 is 0.958 bits per heavy atom. The zero-order valence-electron chi connectivity index (χ0n) is 13.6. The third-order valence-electron chi connectivity index (χ3n) is 4.20. The number of imide groups is 1. The van der Waals surface area contributed by atoms with E-state index in [4.69, 9.17) is 0 Å². The average molecular weight is 343 g/mol. The Bertz CT molecular complexity index is 660. The smallest absolute Gasteiger partial charge is 0.266 e. The summed E-state index contributed by atoms with van der Waals surface area (Å²) in [6.07, 6.45) is 7.98. The van der Waals surface area contributed by atoms with E-state index in [-0.39, 0.29) is 17.6 Å². The highest BCUT2D eigenvalue weighted by Crippen LogP contribution is 2.23. The van der Waals surface area contributed by atoms with Gasteiger partial charge in [-0.05, 0) is 37.8 Å². The quantitative estimate of drug-likeness (QED) is 0.605. The predicted octanol–water partition coefficient (Wildman–Crippen LogP) is 3.86. The van der Waals surface area contributed by atoms with Crippen LogP contribution in [-0.4, -0.2) is 33.3 Å². The summed E-state index contributed by atoms with van der Waals surface area (Å²) in [6.45, 7) is 0. The first-order valence-corrected chi connectivity index (χ1v) is 9.43. The lowest BCUT2D eigenvalue weighted by Crippen LogP contribution is -2.35. The molecule has 0 N–H and O–H groups in total. The predicted molar refractivity (Wildman–Crippen MR) is 97.3 cm³/mol. The first-order chi connectivity index (χ1) is 11.8. The first kappa shape index (κ1) is 16.9. The first-order valence-electron chi connectivity index (χ1n) is 8.44. The Morgan fingerprint density at radius 3 is 2.33 bits per heavy atom. The highest BCUT2D eigenvalue weighted by molar-refractivity contribution is 8.15. The number of amides is 2. The second-order valence-corrected chi connectivity index (χ2v) is 6.95. The highest BCUT2D eigenvalue weighted by Gasteiger charge is 2.34. The lowest BCUT2D eigenvalue weighted by molar-refractivity contribution is -0.122. The summed E-state index contributed by atoms with van der Waals surface area (Å²) < 4.78 is 0. The molecule has 1 aromatic rings. The molecule has 2 amide bonds. The van der Waals surface area contributed by atoms with Crippen LogP contribution in [-0.2, 0) is 4.79 Å². The van der Waals surface area contributed by atoms with Gasteiger partial charge in [-0.3, -0.25) is 9.59 Å². The van der Waals surface area contributed by atoms with Crippen LogP contribution in [0, 0.1) is 0 Å². The Kier molecular flexibility index (Phi) is 5.80. The summed E-state index contributed by atoms with van der Waals surface area (Å²) in [5, 5.41) is 9.01. The van der Waals surface area contributed by atoms with E-state index in [0.717, 1.165) is 36.3 Å². The van der Waals surface area contributed by atoms with E-state index < -0.39 is 0 Å². The van der Waals surface area contributed by atoms with Crippen LogP contribution in [0.2, 0.25) is 0 Å². The van der Waals surface area contributed by atoms with Gasteiger partial charge >= 0.3 is 0 Å². The van der Waals surface area contributed by atoms with Gasteiger partial charge in [0.05, 0.1) is 5.75 Å². The summed E-state index contributed by atoms with van der Waals surface area (Å²) in [7, 11) is 0. The van der Waals surface area contributed by atoms with Crippen molar-refractivity contribution in [2.45, 2.75) is 44.9 Å². The summed E-state index contributed by atoms with van der Waals surface area (Å²) in [5.74, 6) is -0.324. The fraction of sp³-hybridized carbons (Fsp3) is 0.444. The molecular formula is C18H21N3O2S. The number of nitrogens with zero attached hydrogens (tertiary/aromatic N) is 3. The van der Waals surface area contributed by atoms with Crippen molar-refractivity contribution < 1.29 is 9.59 Å². The molecule has 1 saturated heterocycles. The second-order valence-electron chi connectivity index (χ2n) is 6.01. The monoisotopic (exact) mass is 343 g/mol. The van der Waals surface area contributed by atoms with Crippen LogP contribution in [0.15, 0.2) is 40.5 Å². The maximum atomic E-state index is 12.6. The number of benzene rings is 1. The maximum absolute atomic E-state index is 12.6. The minimum absolute atomic E-state index is 0.231. The topological polar surface area (TPSA) is 62.1 Å². The normalized spacial score (nSPS) is 20.8. The van der Waals surface area contributed by atoms with Crippen LogP contribution in [0.5, 0.6) is 0 Å². The van der Waals surface area contributed by atoms with Crippen molar-refractivity contribution in [2.24, 2.45) is 10.2 Å². The Morgan fingerprint density at radius 2 is 1.62 bits per heavy atom. The number of carbonyl (C=O) groups is 2. The van der Waals surface area contributed by atoms with Crippen LogP contribution in [0.4, 0.5) is 0 Å². The second kappa shape index (κ2) is 8.24. The molecule has 0 spiro atoms. The maximum Gasteiger partial charge on any atom is 0.266 e. The molecule has 1 aliphatic carbocycles. The third kappa shape index (κ3) is 4.12. The molecule has 1 heterocycles. The Labute approximate surface area is 146 Å². The molecule has 1 aromatic carbocycles. The minimum Gasteiger partial charge on any atom is -0.273 e. The van der Waals surface area contributed by atoms with Crippen molar-refractivity contribution in [3.63, 3.8) is 0 Å². The van der Waals surface area contributed by atoms with Gasteiger partial charge in [-0.25, -0.2) is 4.90 Å². The molecule has 2 aliphatic rings. The van der Waals surface area contributed by atoms with Gasteiger partial charge in [0, 0.05) is 11.3 Å². The Hall–Kier alpha value is -1.95. The zero-order chi connectivity index (χ0) is 16.8. The fourth-order valence-corrected chi connectivity index (χ4v) is 3.67. The third-order valence-corrected chi connectivity index (χ3v) is 5.11. The molecule has 6 heteroatoms. The standard InChI is InChI=1S/C18H21N3O2S/c22-16-13-24-18(20-19-15-11-7-2-1-3-8-12-15)21(16)17(23)14-9-5-4-6-10-14/h4-6,9-10H,1-3,7-8,11-13H2/b20-18+. The van der Waals surface area contributed by atoms with Gasteiger partial charge in [-0.1, -0.05) is 49.2 Å². The highest BCUT2D eigenvalue weighted by atomic mass is 32.2. The molecule has 24 heavy (non-hydrogen) atoms. The van der Waals surface area contributed by atoms with Crippen LogP contribution in [0.1, 0.15) is 55.3 Å². The van der Waals surface area contributed by atoms with E-state index in [2.05, 4.69) is 10.2 Å². The summed E-state index contributed by atoms with van der Waals surface area (Å²) in [4.78, 5) is 25.8. The largest absolute Gasteiger partial charge is 0.273 e. The molecule has 0 unspecified atom stereocenters.